The molecule has 2 aromatic carbocycles. The van der Waals surface area contributed by atoms with Gasteiger partial charge < -0.3 is 96.0 Å². The van der Waals surface area contributed by atoms with Gasteiger partial charge in [0.15, 0.2) is 18.8 Å². The third-order valence-electron chi connectivity index (χ3n) is 14.0. The zero-order chi connectivity index (χ0) is 65.3. The summed E-state index contributed by atoms with van der Waals surface area (Å²) in [6.07, 6.45) is -23.8. The van der Waals surface area contributed by atoms with Gasteiger partial charge in [0, 0.05) is 63.2 Å². The molecule has 0 spiro atoms. The van der Waals surface area contributed by atoms with Gasteiger partial charge in [0.25, 0.3) is 5.56 Å². The summed E-state index contributed by atoms with van der Waals surface area (Å²) in [5.41, 5.74) is 4.51. The molecule has 0 bridgehead atoms. The van der Waals surface area contributed by atoms with Gasteiger partial charge >= 0.3 is 21.3 Å². The highest BCUT2D eigenvalue weighted by Crippen LogP contribution is 2.61. The Morgan fingerprint density at radius 2 is 1.40 bits per heavy atom. The fourth-order valence-corrected chi connectivity index (χ4v) is 13.2. The number of hydrogen-bond donors (Lipinski definition) is 15. The minimum atomic E-state index is -6.11. The SMILES string of the molecule is CC(=O)N[C@H]1[C@H](O[C@H]2[C@H](O[C@H](C)C(=O)N[C@@H](C)C(=O)N[C@@H](CCCCNS(=O)(=O)c3cccc4c(N(C)C)cccc34)C(N)=O)[C@@H](NC(C)=O)[C@@H](OP(=O)(O)OP(=O)(O)OC[C@H]3O[C@@H](n4ccc(=O)[nH]c4=O)[C@H](O)[C@@H]3O)O[C@@H]2CO)O[C@H](CO)[C@@H](O)[C@@H]1O. The minimum Gasteiger partial charge on any atom is -0.394 e. The fraction of sp³-hybridized carbons (Fsp3) is 0.612. The first-order valence-electron chi connectivity index (χ1n) is 27.0. The number of amides is 5. The molecular formula is C49H73N9O27P2S. The van der Waals surface area contributed by atoms with E-state index in [1.54, 1.807) is 24.3 Å². The minimum absolute atomic E-state index is 0.0464. The largest absolute Gasteiger partial charge is 0.483 e. The zero-order valence-corrected chi connectivity index (χ0v) is 50.6. The van der Waals surface area contributed by atoms with Crippen LogP contribution in [0.2, 0.25) is 0 Å². The van der Waals surface area contributed by atoms with E-state index < -0.39 is 190 Å². The number of aromatic amines is 1. The number of sulfonamides is 1. The molecule has 5 amide bonds. The second kappa shape index (κ2) is 30.4. The summed E-state index contributed by atoms with van der Waals surface area (Å²) in [6, 6.07) is 4.40. The van der Waals surface area contributed by atoms with Crippen LogP contribution in [-0.4, -0.2) is 226 Å². The van der Waals surface area contributed by atoms with E-state index in [0.717, 1.165) is 38.7 Å². The standard InChI is InChI=1S/C49H73N9O27P2S/c1-22(44(69)55-28(43(50)68)13-7-8-17-51-88(76,77)33-15-10-11-26-27(33)12-9-14-29(26)57(5)6)52-45(70)23(2)79-42-36(54-25(4)62)48(82-31(20-60)41(42)83-47-35(53-24(3)61)39(66)37(64)30(19-59)81-47)84-87(74,75)85-86(72,73)78-21-32-38(65)40(67)46(80-32)58-18-16-34(63)56-49(58)71/h9-12,14-16,18,22-23,28,30-32,35-42,46-48,51,59-60,64-67H,7-8,13,17,19-21H2,1-6H3,(H2,50,68)(H,52,70)(H,53,61)(H,54,62)(H,55,69)(H,72,73)(H,74,75)(H,56,63,71)/t22-,23+,28-,30+,31+,32+,35+,36+,37+,38+,39+,40+,41+,42+,46+,47-,48+/m0/s1. The topological polar surface area (TPSA) is 534 Å². The van der Waals surface area contributed by atoms with Gasteiger partial charge in [-0.05, 0) is 45.2 Å². The van der Waals surface area contributed by atoms with Gasteiger partial charge in [0.2, 0.25) is 39.6 Å². The molecule has 16 N–H and O–H groups in total. The molecule has 3 fully saturated rings. The van der Waals surface area contributed by atoms with Gasteiger partial charge in [0.1, 0.15) is 85.2 Å². The highest BCUT2D eigenvalue weighted by Gasteiger charge is 2.56. The van der Waals surface area contributed by atoms with Gasteiger partial charge in [0.05, 0.1) is 24.7 Å². The van der Waals surface area contributed by atoms with Crippen molar-refractivity contribution in [1.82, 2.24) is 35.5 Å². The Balaban J connectivity index is 1.17. The van der Waals surface area contributed by atoms with Crippen molar-refractivity contribution in [3.63, 3.8) is 0 Å². The molecule has 0 radical (unpaired) electrons. The maximum atomic E-state index is 14.0. The number of hydrogen-bond acceptors (Lipinski definition) is 26. The molecule has 0 saturated carbocycles. The number of nitrogens with two attached hydrogens (primary N) is 1. The number of anilines is 1. The third kappa shape index (κ3) is 18.0. The Labute approximate surface area is 501 Å². The maximum absolute atomic E-state index is 14.0. The number of rotatable bonds is 29. The Kier molecular flexibility index (Phi) is 24.6. The first kappa shape index (κ1) is 71.3. The lowest BCUT2D eigenvalue weighted by Crippen LogP contribution is -2.70. The number of phosphoric ester groups is 2. The summed E-state index contributed by atoms with van der Waals surface area (Å²) in [5, 5.41) is 74.3. The zero-order valence-electron chi connectivity index (χ0n) is 48.0. The van der Waals surface area contributed by atoms with Crippen molar-refractivity contribution in [2.24, 2.45) is 5.73 Å². The third-order valence-corrected chi connectivity index (χ3v) is 18.2. The van der Waals surface area contributed by atoms with E-state index in [9.17, 15) is 91.5 Å². The molecule has 3 aliphatic heterocycles. The second-order valence-electron chi connectivity index (χ2n) is 20.8. The van der Waals surface area contributed by atoms with Crippen LogP contribution in [0.3, 0.4) is 0 Å². The predicted octanol–water partition coefficient (Wildman–Crippen LogP) is -5.43. The number of H-pyrrole nitrogens is 1. The van der Waals surface area contributed by atoms with Crippen LogP contribution in [0.5, 0.6) is 0 Å². The van der Waals surface area contributed by atoms with Gasteiger partial charge in [-0.25, -0.2) is 27.1 Å². The van der Waals surface area contributed by atoms with Gasteiger partial charge in [-0.1, -0.05) is 24.3 Å². The number of nitrogens with one attached hydrogen (secondary N) is 6. The number of nitrogens with zero attached hydrogens (tertiary/aromatic N) is 2. The molecule has 3 aromatic rings. The van der Waals surface area contributed by atoms with Gasteiger partial charge in [-0.3, -0.25) is 47.4 Å². The number of aliphatic hydroxyl groups is 6. The number of unbranched alkanes of at least 4 members (excludes halogenated alkanes) is 1. The summed E-state index contributed by atoms with van der Waals surface area (Å²) in [7, 11) is -12.4. The van der Waals surface area contributed by atoms with E-state index in [-0.39, 0.29) is 30.7 Å². The van der Waals surface area contributed by atoms with Crippen LogP contribution in [0.15, 0.2) is 63.1 Å². The molecule has 2 unspecified atom stereocenters. The quantitative estimate of drug-likeness (QED) is 0.0228. The molecule has 88 heavy (non-hydrogen) atoms. The van der Waals surface area contributed by atoms with Crippen LogP contribution >= 0.6 is 15.6 Å². The lowest BCUT2D eigenvalue weighted by Gasteiger charge is -2.49. The fourth-order valence-electron chi connectivity index (χ4n) is 9.72. The highest BCUT2D eigenvalue weighted by atomic mass is 32.2. The average molecular weight is 1310 g/mol. The van der Waals surface area contributed by atoms with Crippen molar-refractivity contribution in [1.29, 1.82) is 0 Å². The summed E-state index contributed by atoms with van der Waals surface area (Å²) in [4.78, 5) is 115. The van der Waals surface area contributed by atoms with Gasteiger partial charge in [-0.2, -0.15) is 4.31 Å². The number of benzene rings is 2. The molecule has 39 heteroatoms. The van der Waals surface area contributed by atoms with Gasteiger partial charge in [-0.15, -0.1) is 0 Å². The molecule has 492 valence electrons. The maximum Gasteiger partial charge on any atom is 0.483 e. The molecule has 3 aliphatic rings. The summed E-state index contributed by atoms with van der Waals surface area (Å²) in [6.45, 7) is 0.732. The van der Waals surface area contributed by atoms with Crippen molar-refractivity contribution in [3.05, 3.63) is 69.5 Å². The molecule has 3 saturated heterocycles. The second-order valence-corrected chi connectivity index (χ2v) is 25.6. The number of carbonyl (C=O) groups is 5. The molecule has 36 nitrogen and oxygen atoms in total. The Morgan fingerprint density at radius 3 is 2.02 bits per heavy atom. The molecule has 6 rings (SSSR count). The number of carbonyl (C=O) groups excluding carboxylic acids is 5. The first-order chi connectivity index (χ1) is 41.2. The lowest BCUT2D eigenvalue weighted by molar-refractivity contribution is -0.331. The van der Waals surface area contributed by atoms with Crippen molar-refractivity contribution in [3.8, 4) is 0 Å². The number of aliphatic hydroxyl groups excluding tert-OH is 6. The van der Waals surface area contributed by atoms with Crippen molar-refractivity contribution < 1.29 is 119 Å². The molecular weight excluding hydrogens is 1240 g/mol. The molecule has 0 aliphatic carbocycles. The van der Waals surface area contributed by atoms with E-state index in [1.807, 2.05) is 30.0 Å². The summed E-state index contributed by atoms with van der Waals surface area (Å²) in [5.74, 6) is -4.93. The smallest absolute Gasteiger partial charge is 0.394 e. The number of fused-ring (bicyclic) bond motifs is 1. The molecule has 1 aromatic heterocycles. The van der Waals surface area contributed by atoms with E-state index >= 15 is 0 Å². The Hall–Kier alpha value is -5.74. The Morgan fingerprint density at radius 1 is 0.773 bits per heavy atom. The van der Waals surface area contributed by atoms with E-state index in [2.05, 4.69) is 30.3 Å². The molecule has 19 atom stereocenters. The lowest BCUT2D eigenvalue weighted by atomic mass is 9.94. The monoisotopic (exact) mass is 1310 g/mol. The highest BCUT2D eigenvalue weighted by molar-refractivity contribution is 7.89. The summed E-state index contributed by atoms with van der Waals surface area (Å²) >= 11 is 0. The number of phosphoric acid groups is 2. The van der Waals surface area contributed by atoms with Crippen LogP contribution in [0, 0.1) is 0 Å². The van der Waals surface area contributed by atoms with E-state index in [4.69, 9.17) is 38.5 Å². The predicted molar refractivity (Wildman–Crippen MR) is 299 cm³/mol. The number of primary amides is 1. The van der Waals surface area contributed by atoms with Crippen LogP contribution in [-0.2, 0) is 80.2 Å². The molecule has 4 heterocycles. The van der Waals surface area contributed by atoms with Crippen LogP contribution in [0.4, 0.5) is 5.69 Å². The van der Waals surface area contributed by atoms with Crippen LogP contribution in [0.1, 0.15) is 53.2 Å². The van der Waals surface area contributed by atoms with E-state index in [1.165, 1.54) is 13.0 Å². The normalized spacial score (nSPS) is 28.9. The number of ether oxygens (including phenoxy) is 5. The first-order valence-corrected chi connectivity index (χ1v) is 31.5. The van der Waals surface area contributed by atoms with Crippen molar-refractivity contribution in [2.45, 2.75) is 156 Å². The summed E-state index contributed by atoms with van der Waals surface area (Å²) < 4.78 is 101. The van der Waals surface area contributed by atoms with Crippen LogP contribution in [0.25, 0.3) is 10.8 Å². The Bertz CT molecular complexity index is 3310. The average Bonchev–Trinajstić information content (AvgIpc) is 0.971. The number of aromatic nitrogens is 2. The van der Waals surface area contributed by atoms with Crippen LogP contribution < -0.4 is 47.9 Å². The van der Waals surface area contributed by atoms with Crippen molar-refractivity contribution >= 4 is 71.7 Å². The van der Waals surface area contributed by atoms with Crippen molar-refractivity contribution in [2.75, 3.05) is 45.4 Å². The van der Waals surface area contributed by atoms with E-state index in [0.29, 0.717) is 15.3 Å².